The molecule has 1 aliphatic rings. The average Bonchev–Trinajstić information content (AvgIpc) is 3.00. The van der Waals surface area contributed by atoms with E-state index in [1.165, 1.54) is 0 Å². The zero-order valence-electron chi connectivity index (χ0n) is 10.3. The van der Waals surface area contributed by atoms with E-state index < -0.39 is 0 Å². The van der Waals surface area contributed by atoms with Gasteiger partial charge in [0.15, 0.2) is 0 Å². The van der Waals surface area contributed by atoms with Crippen molar-refractivity contribution in [3.63, 3.8) is 0 Å². The topological polar surface area (TPSA) is 59.0 Å². The Bertz CT molecular complexity index is 370. The smallest absolute Gasteiger partial charge is 0.234 e. The van der Waals surface area contributed by atoms with Crippen LogP contribution >= 0.6 is 0 Å². The molecule has 1 aromatic heterocycles. The first-order chi connectivity index (χ1) is 8.29. The molecular weight excluding hydrogens is 216 g/mol. The van der Waals surface area contributed by atoms with Crippen molar-refractivity contribution in [1.82, 2.24) is 20.2 Å². The molecule has 17 heavy (non-hydrogen) atoms. The molecule has 0 bridgehead atoms. The van der Waals surface area contributed by atoms with Crippen LogP contribution in [0.25, 0.3) is 0 Å². The second-order valence-corrected chi connectivity index (χ2v) is 4.52. The molecule has 5 nitrogen and oxygen atoms in total. The molecule has 1 fully saturated rings. The predicted octanol–water partition coefficient (Wildman–Crippen LogP) is 0.661. The highest BCUT2D eigenvalue weighted by Gasteiger charge is 2.22. The van der Waals surface area contributed by atoms with Crippen molar-refractivity contribution in [2.24, 2.45) is 0 Å². The van der Waals surface area contributed by atoms with Crippen molar-refractivity contribution < 1.29 is 4.79 Å². The third-order valence-corrected chi connectivity index (χ3v) is 2.80. The minimum atomic E-state index is 0.0917. The lowest BCUT2D eigenvalue weighted by molar-refractivity contribution is -0.120. The van der Waals surface area contributed by atoms with Crippen LogP contribution in [0.3, 0.4) is 0 Å². The number of nitrogens with zero attached hydrogens (tertiary/aromatic N) is 2. The molecule has 0 atom stereocenters. The lowest BCUT2D eigenvalue weighted by Crippen LogP contribution is -2.35. The number of amides is 1. The third kappa shape index (κ3) is 3.85. The summed E-state index contributed by atoms with van der Waals surface area (Å²) >= 11 is 0. The highest BCUT2D eigenvalue weighted by molar-refractivity contribution is 5.78. The molecule has 0 aromatic carbocycles. The van der Waals surface area contributed by atoms with E-state index in [-0.39, 0.29) is 5.91 Å². The van der Waals surface area contributed by atoms with Gasteiger partial charge in [0.2, 0.25) is 5.91 Å². The number of aromatic nitrogens is 2. The Morgan fingerprint density at radius 3 is 3.12 bits per heavy atom. The van der Waals surface area contributed by atoms with Gasteiger partial charge in [-0.3, -0.25) is 4.79 Å². The van der Waals surface area contributed by atoms with Gasteiger partial charge in [0.25, 0.3) is 0 Å². The number of hydrogen-bond donors (Lipinski definition) is 2. The second kappa shape index (κ2) is 5.82. The number of nitrogens with one attached hydrogen (secondary N) is 2. The summed E-state index contributed by atoms with van der Waals surface area (Å²) in [5.74, 6) is 0.0917. The van der Waals surface area contributed by atoms with Crippen LogP contribution in [0.1, 0.15) is 31.9 Å². The zero-order chi connectivity index (χ0) is 12.1. The van der Waals surface area contributed by atoms with E-state index in [2.05, 4.69) is 27.1 Å². The molecule has 0 saturated heterocycles. The monoisotopic (exact) mass is 236 g/mol. The Morgan fingerprint density at radius 2 is 2.41 bits per heavy atom. The summed E-state index contributed by atoms with van der Waals surface area (Å²) in [5.41, 5.74) is 1.13. The Hall–Kier alpha value is -1.36. The van der Waals surface area contributed by atoms with Crippen LogP contribution in [-0.4, -0.2) is 28.0 Å². The van der Waals surface area contributed by atoms with Crippen molar-refractivity contribution in [1.29, 1.82) is 0 Å². The number of carbonyl (C=O) groups is 1. The summed E-state index contributed by atoms with van der Waals surface area (Å²) in [6, 6.07) is 0.440. The third-order valence-electron chi connectivity index (χ3n) is 2.80. The minimum absolute atomic E-state index is 0.0917. The molecule has 2 N–H and O–H groups in total. The molecule has 1 saturated carbocycles. The summed E-state index contributed by atoms with van der Waals surface area (Å²) < 4.78 is 2.12. The van der Waals surface area contributed by atoms with Gasteiger partial charge in [-0.15, -0.1) is 0 Å². The fourth-order valence-corrected chi connectivity index (χ4v) is 1.75. The van der Waals surface area contributed by atoms with Gasteiger partial charge in [-0.25, -0.2) is 4.98 Å². The van der Waals surface area contributed by atoms with Crippen molar-refractivity contribution in [2.75, 3.05) is 6.54 Å². The van der Waals surface area contributed by atoms with Crippen molar-refractivity contribution in [2.45, 2.75) is 45.3 Å². The summed E-state index contributed by atoms with van der Waals surface area (Å²) in [4.78, 5) is 15.6. The molecule has 0 aliphatic heterocycles. The normalized spacial score (nSPS) is 14.9. The van der Waals surface area contributed by atoms with Crippen LogP contribution in [0.4, 0.5) is 0 Å². The molecular formula is C12H20N4O. The highest BCUT2D eigenvalue weighted by atomic mass is 16.2. The van der Waals surface area contributed by atoms with Gasteiger partial charge < -0.3 is 15.2 Å². The molecule has 1 aromatic rings. The molecule has 5 heteroatoms. The SMILES string of the molecule is CCCn1cncc1CNCC(=O)NC1CC1. The molecule has 0 radical (unpaired) electrons. The quantitative estimate of drug-likeness (QED) is 0.731. The summed E-state index contributed by atoms with van der Waals surface area (Å²) in [6.07, 6.45) is 7.04. The Balaban J connectivity index is 1.69. The number of imidazole rings is 1. The van der Waals surface area contributed by atoms with E-state index >= 15 is 0 Å². The van der Waals surface area contributed by atoms with E-state index in [1.54, 1.807) is 0 Å². The van der Waals surface area contributed by atoms with E-state index in [9.17, 15) is 4.79 Å². The van der Waals surface area contributed by atoms with E-state index in [4.69, 9.17) is 0 Å². The van der Waals surface area contributed by atoms with Crippen LogP contribution in [0.2, 0.25) is 0 Å². The maximum Gasteiger partial charge on any atom is 0.234 e. The summed E-state index contributed by atoms with van der Waals surface area (Å²) in [5, 5.41) is 6.10. The molecule has 2 rings (SSSR count). The van der Waals surface area contributed by atoms with Crippen molar-refractivity contribution >= 4 is 5.91 Å². The van der Waals surface area contributed by atoms with Gasteiger partial charge in [-0.1, -0.05) is 6.92 Å². The van der Waals surface area contributed by atoms with Gasteiger partial charge >= 0.3 is 0 Å². The molecule has 0 spiro atoms. The Morgan fingerprint density at radius 1 is 1.59 bits per heavy atom. The molecule has 1 amide bonds. The van der Waals surface area contributed by atoms with Crippen molar-refractivity contribution in [3.05, 3.63) is 18.2 Å². The van der Waals surface area contributed by atoms with Crippen LogP contribution in [0, 0.1) is 0 Å². The predicted molar refractivity (Wildman–Crippen MR) is 65.4 cm³/mol. The van der Waals surface area contributed by atoms with Gasteiger partial charge in [0.05, 0.1) is 18.6 Å². The first-order valence-corrected chi connectivity index (χ1v) is 6.28. The Kier molecular flexibility index (Phi) is 4.14. The number of rotatable bonds is 7. The largest absolute Gasteiger partial charge is 0.352 e. The summed E-state index contributed by atoms with van der Waals surface area (Å²) in [6.45, 7) is 4.19. The second-order valence-electron chi connectivity index (χ2n) is 4.52. The minimum Gasteiger partial charge on any atom is -0.352 e. The van der Waals surface area contributed by atoms with Gasteiger partial charge in [-0.05, 0) is 19.3 Å². The first-order valence-electron chi connectivity index (χ1n) is 6.28. The standard InChI is InChI=1S/C12H20N4O/c1-2-5-16-9-14-7-11(16)6-13-8-12(17)15-10-3-4-10/h7,9-10,13H,2-6,8H2,1H3,(H,15,17). The average molecular weight is 236 g/mol. The van der Waals surface area contributed by atoms with Crippen LogP contribution in [0.5, 0.6) is 0 Å². The summed E-state index contributed by atoms with van der Waals surface area (Å²) in [7, 11) is 0. The highest BCUT2D eigenvalue weighted by Crippen LogP contribution is 2.18. The van der Waals surface area contributed by atoms with Crippen LogP contribution in [0.15, 0.2) is 12.5 Å². The van der Waals surface area contributed by atoms with Gasteiger partial charge in [0.1, 0.15) is 0 Å². The fraction of sp³-hybridized carbons (Fsp3) is 0.667. The van der Waals surface area contributed by atoms with E-state index in [1.807, 2.05) is 12.5 Å². The Labute approximate surface area is 102 Å². The number of hydrogen-bond acceptors (Lipinski definition) is 3. The van der Waals surface area contributed by atoms with Gasteiger partial charge in [-0.2, -0.15) is 0 Å². The van der Waals surface area contributed by atoms with Crippen LogP contribution < -0.4 is 10.6 Å². The lowest BCUT2D eigenvalue weighted by Gasteiger charge is -2.08. The first kappa shape index (κ1) is 12.1. The molecule has 0 unspecified atom stereocenters. The van der Waals surface area contributed by atoms with E-state index in [0.717, 1.165) is 31.5 Å². The molecule has 94 valence electrons. The van der Waals surface area contributed by atoms with Gasteiger partial charge in [0, 0.05) is 25.3 Å². The fourth-order valence-electron chi connectivity index (χ4n) is 1.75. The number of carbonyl (C=O) groups excluding carboxylic acids is 1. The number of aryl methyl sites for hydroxylation is 1. The van der Waals surface area contributed by atoms with Crippen molar-refractivity contribution in [3.8, 4) is 0 Å². The lowest BCUT2D eigenvalue weighted by atomic mass is 10.4. The molecule has 1 heterocycles. The maximum atomic E-state index is 11.4. The molecule has 1 aliphatic carbocycles. The van der Waals surface area contributed by atoms with E-state index in [0.29, 0.717) is 19.1 Å². The zero-order valence-corrected chi connectivity index (χ0v) is 10.3. The maximum absolute atomic E-state index is 11.4. The van der Waals surface area contributed by atoms with Crippen LogP contribution in [-0.2, 0) is 17.9 Å².